The number of nitrogens with zero attached hydrogens (tertiary/aromatic N) is 1. The Bertz CT molecular complexity index is 777. The van der Waals surface area contributed by atoms with Gasteiger partial charge in [0.15, 0.2) is 0 Å². The molecule has 2 aromatic rings. The van der Waals surface area contributed by atoms with Gasteiger partial charge in [-0.2, -0.15) is 0 Å². The average molecular weight is 375 g/mol. The van der Waals surface area contributed by atoms with Gasteiger partial charge in [-0.3, -0.25) is 9.59 Å². The lowest BCUT2D eigenvalue weighted by molar-refractivity contribution is -0.117. The van der Waals surface area contributed by atoms with E-state index in [1.54, 1.807) is 30.3 Å². The first-order valence-corrected chi connectivity index (χ1v) is 8.84. The molecule has 0 aliphatic heterocycles. The van der Waals surface area contributed by atoms with Crippen LogP contribution in [0, 0.1) is 0 Å². The monoisotopic (exact) mass is 374 g/mol. The van der Waals surface area contributed by atoms with Crippen LogP contribution in [0.25, 0.3) is 0 Å². The molecule has 0 heterocycles. The van der Waals surface area contributed by atoms with Crippen LogP contribution >= 0.6 is 11.6 Å². The fraction of sp³-hybridized carbons (Fsp3) is 0.300. The Morgan fingerprint density at radius 2 is 1.88 bits per heavy atom. The van der Waals surface area contributed by atoms with Crippen LogP contribution in [-0.2, 0) is 9.59 Å². The van der Waals surface area contributed by atoms with Crippen molar-refractivity contribution in [1.82, 2.24) is 0 Å². The molecule has 2 rings (SSSR count). The predicted octanol–water partition coefficient (Wildman–Crippen LogP) is 4.51. The third-order valence-corrected chi connectivity index (χ3v) is 3.82. The van der Waals surface area contributed by atoms with E-state index in [1.807, 2.05) is 32.0 Å². The molecule has 0 aliphatic rings. The second kappa shape index (κ2) is 9.25. The maximum atomic E-state index is 12.3. The number of hydrogen-bond donors (Lipinski definition) is 1. The number of carbonyl (C=O) groups excluding carboxylic acids is 2. The number of rotatable bonds is 7. The van der Waals surface area contributed by atoms with Crippen molar-refractivity contribution < 1.29 is 14.3 Å². The Balaban J connectivity index is 2.02. The van der Waals surface area contributed by atoms with Crippen LogP contribution in [0.5, 0.6) is 5.75 Å². The van der Waals surface area contributed by atoms with Gasteiger partial charge in [0.2, 0.25) is 11.8 Å². The maximum Gasteiger partial charge on any atom is 0.226 e. The summed E-state index contributed by atoms with van der Waals surface area (Å²) < 4.78 is 5.70. The van der Waals surface area contributed by atoms with Crippen molar-refractivity contribution in [3.05, 3.63) is 53.6 Å². The molecule has 2 aromatic carbocycles. The van der Waals surface area contributed by atoms with Crippen LogP contribution in [0.2, 0.25) is 5.02 Å². The Hall–Kier alpha value is -2.53. The number of para-hydroxylation sites is 2. The summed E-state index contributed by atoms with van der Waals surface area (Å²) in [4.78, 5) is 25.8. The highest BCUT2D eigenvalue weighted by molar-refractivity contribution is 6.30. The van der Waals surface area contributed by atoms with E-state index >= 15 is 0 Å². The topological polar surface area (TPSA) is 58.6 Å². The summed E-state index contributed by atoms with van der Waals surface area (Å²) in [5, 5.41) is 3.38. The molecule has 0 unspecified atom stereocenters. The number of halogens is 1. The Labute approximate surface area is 158 Å². The molecule has 1 N–H and O–H groups in total. The highest BCUT2D eigenvalue weighted by Crippen LogP contribution is 2.25. The average Bonchev–Trinajstić information content (AvgIpc) is 2.56. The normalized spacial score (nSPS) is 10.5. The van der Waals surface area contributed by atoms with Crippen LogP contribution in [0.15, 0.2) is 48.5 Å². The number of amides is 2. The minimum Gasteiger partial charge on any atom is -0.489 e. The Morgan fingerprint density at radius 1 is 1.15 bits per heavy atom. The number of benzene rings is 2. The van der Waals surface area contributed by atoms with Gasteiger partial charge < -0.3 is 15.0 Å². The molecule has 0 aliphatic carbocycles. The molecule has 0 fully saturated rings. The van der Waals surface area contributed by atoms with E-state index in [2.05, 4.69) is 5.32 Å². The molecule has 0 bridgehead atoms. The smallest absolute Gasteiger partial charge is 0.226 e. The Morgan fingerprint density at radius 3 is 2.54 bits per heavy atom. The van der Waals surface area contributed by atoms with Crippen molar-refractivity contribution in [2.45, 2.75) is 33.3 Å². The lowest BCUT2D eigenvalue weighted by Gasteiger charge is -2.21. The number of ether oxygens (including phenoxy) is 1. The summed E-state index contributed by atoms with van der Waals surface area (Å²) in [6.07, 6.45) is 0.159. The maximum absolute atomic E-state index is 12.3. The Kier molecular flexibility index (Phi) is 7.04. The molecule has 6 heteroatoms. The van der Waals surface area contributed by atoms with Gasteiger partial charge in [-0.25, -0.2) is 0 Å². The van der Waals surface area contributed by atoms with E-state index in [9.17, 15) is 9.59 Å². The van der Waals surface area contributed by atoms with E-state index in [0.29, 0.717) is 22.1 Å². The minimum atomic E-state index is -0.196. The summed E-state index contributed by atoms with van der Waals surface area (Å²) in [7, 11) is 0. The van der Waals surface area contributed by atoms with Crippen molar-refractivity contribution in [3.8, 4) is 5.75 Å². The van der Waals surface area contributed by atoms with Crippen molar-refractivity contribution in [1.29, 1.82) is 0 Å². The number of carbonyl (C=O) groups is 2. The van der Waals surface area contributed by atoms with Crippen molar-refractivity contribution in [2.24, 2.45) is 0 Å². The molecule has 0 saturated carbocycles. The van der Waals surface area contributed by atoms with Gasteiger partial charge >= 0.3 is 0 Å². The first-order valence-electron chi connectivity index (χ1n) is 8.46. The van der Waals surface area contributed by atoms with E-state index in [1.165, 1.54) is 11.8 Å². The summed E-state index contributed by atoms with van der Waals surface area (Å²) in [5.74, 6) is 0.274. The van der Waals surface area contributed by atoms with E-state index in [4.69, 9.17) is 16.3 Å². The van der Waals surface area contributed by atoms with Crippen molar-refractivity contribution in [2.75, 3.05) is 16.8 Å². The van der Waals surface area contributed by atoms with Crippen LogP contribution in [0.4, 0.5) is 11.4 Å². The number of hydrogen-bond acceptors (Lipinski definition) is 3. The van der Waals surface area contributed by atoms with Gasteiger partial charge in [-0.05, 0) is 44.2 Å². The summed E-state index contributed by atoms with van der Waals surface area (Å²) in [6, 6.07) is 14.3. The molecule has 2 amide bonds. The van der Waals surface area contributed by atoms with Crippen LogP contribution in [0.3, 0.4) is 0 Å². The molecular formula is C20H23ClN2O3. The third-order valence-electron chi connectivity index (χ3n) is 3.59. The molecule has 138 valence electrons. The van der Waals surface area contributed by atoms with Crippen LogP contribution < -0.4 is 15.0 Å². The zero-order chi connectivity index (χ0) is 19.1. The standard InChI is InChI=1S/C20H23ClN2O3/c1-14(2)26-19-10-5-4-9-18(19)22-20(25)11-12-23(15(3)24)17-8-6-7-16(21)13-17/h4-10,13-14H,11-12H2,1-3H3,(H,22,25). The highest BCUT2D eigenvalue weighted by atomic mass is 35.5. The van der Waals surface area contributed by atoms with Gasteiger partial charge in [-0.1, -0.05) is 29.8 Å². The molecular weight excluding hydrogens is 352 g/mol. The molecule has 0 saturated heterocycles. The first-order chi connectivity index (χ1) is 12.4. The van der Waals surface area contributed by atoms with E-state index < -0.39 is 0 Å². The fourth-order valence-corrected chi connectivity index (χ4v) is 2.65. The fourth-order valence-electron chi connectivity index (χ4n) is 2.47. The SMILES string of the molecule is CC(=O)N(CCC(=O)Nc1ccccc1OC(C)C)c1cccc(Cl)c1. The van der Waals surface area contributed by atoms with Crippen molar-refractivity contribution >= 4 is 34.8 Å². The van der Waals surface area contributed by atoms with E-state index in [0.717, 1.165) is 0 Å². The van der Waals surface area contributed by atoms with Crippen LogP contribution in [-0.4, -0.2) is 24.5 Å². The van der Waals surface area contributed by atoms with Gasteiger partial charge in [0.05, 0.1) is 11.8 Å². The second-order valence-corrected chi connectivity index (χ2v) is 6.55. The molecule has 0 atom stereocenters. The van der Waals surface area contributed by atoms with Gasteiger partial charge in [0.25, 0.3) is 0 Å². The minimum absolute atomic E-state index is 0.00378. The highest BCUT2D eigenvalue weighted by Gasteiger charge is 2.15. The molecule has 26 heavy (non-hydrogen) atoms. The lowest BCUT2D eigenvalue weighted by Crippen LogP contribution is -2.32. The first kappa shape index (κ1) is 19.8. The quantitative estimate of drug-likeness (QED) is 0.775. The van der Waals surface area contributed by atoms with Crippen LogP contribution in [0.1, 0.15) is 27.2 Å². The lowest BCUT2D eigenvalue weighted by atomic mass is 10.2. The predicted molar refractivity (Wildman–Crippen MR) is 105 cm³/mol. The van der Waals surface area contributed by atoms with Gasteiger partial charge in [0.1, 0.15) is 5.75 Å². The third kappa shape index (κ3) is 5.77. The molecule has 5 nitrogen and oxygen atoms in total. The van der Waals surface area contributed by atoms with Crippen molar-refractivity contribution in [3.63, 3.8) is 0 Å². The zero-order valence-corrected chi connectivity index (χ0v) is 15.9. The largest absolute Gasteiger partial charge is 0.489 e. The zero-order valence-electron chi connectivity index (χ0n) is 15.2. The second-order valence-electron chi connectivity index (χ2n) is 6.11. The molecule has 0 radical (unpaired) electrons. The summed E-state index contributed by atoms with van der Waals surface area (Å²) in [5.41, 5.74) is 1.28. The summed E-state index contributed by atoms with van der Waals surface area (Å²) >= 11 is 5.99. The number of anilines is 2. The summed E-state index contributed by atoms with van der Waals surface area (Å²) in [6.45, 7) is 5.57. The molecule has 0 aromatic heterocycles. The van der Waals surface area contributed by atoms with Gasteiger partial charge in [0, 0.05) is 30.6 Å². The van der Waals surface area contributed by atoms with Gasteiger partial charge in [-0.15, -0.1) is 0 Å². The van der Waals surface area contributed by atoms with E-state index in [-0.39, 0.29) is 30.9 Å². The molecule has 0 spiro atoms. The number of nitrogens with one attached hydrogen (secondary N) is 1.